The van der Waals surface area contributed by atoms with E-state index in [2.05, 4.69) is 10.3 Å². The number of likely N-dealkylation sites (N-methyl/N-ethyl adjacent to an activating group) is 1. The molecule has 0 aliphatic rings. The zero-order valence-electron chi connectivity index (χ0n) is 13.9. The number of carbonyl (C=O) groups excluding carboxylic acids is 1. The largest absolute Gasteiger partial charge is 0.347 e. The van der Waals surface area contributed by atoms with Crippen molar-refractivity contribution in [1.29, 1.82) is 5.26 Å². The van der Waals surface area contributed by atoms with Crippen LogP contribution in [-0.4, -0.2) is 37.2 Å². The van der Waals surface area contributed by atoms with Gasteiger partial charge < -0.3 is 5.32 Å². The van der Waals surface area contributed by atoms with Crippen LogP contribution in [0.5, 0.6) is 0 Å². The van der Waals surface area contributed by atoms with Crippen LogP contribution >= 0.6 is 0 Å². The minimum atomic E-state index is -3.81. The molecule has 25 heavy (non-hydrogen) atoms. The topological polar surface area (TPSA) is 103 Å². The Labute approximate surface area is 147 Å². The van der Waals surface area contributed by atoms with Crippen molar-refractivity contribution in [2.45, 2.75) is 17.9 Å². The minimum Gasteiger partial charge on any atom is -0.347 e. The summed E-state index contributed by atoms with van der Waals surface area (Å²) in [5, 5.41) is 11.5. The van der Waals surface area contributed by atoms with Gasteiger partial charge in [-0.2, -0.15) is 9.57 Å². The Kier molecular flexibility index (Phi) is 5.85. The lowest BCUT2D eigenvalue weighted by Crippen LogP contribution is -2.39. The molecule has 1 aromatic heterocycles. The first-order valence-electron chi connectivity index (χ1n) is 7.51. The molecule has 0 saturated heterocycles. The van der Waals surface area contributed by atoms with Crippen molar-refractivity contribution in [3.63, 3.8) is 0 Å². The van der Waals surface area contributed by atoms with Gasteiger partial charge in [-0.25, -0.2) is 8.42 Å². The lowest BCUT2D eigenvalue weighted by molar-refractivity contribution is -0.121. The fourth-order valence-corrected chi connectivity index (χ4v) is 3.29. The normalized spacial score (nSPS) is 12.4. The van der Waals surface area contributed by atoms with E-state index in [9.17, 15) is 13.2 Å². The third-order valence-corrected chi connectivity index (χ3v) is 5.38. The van der Waals surface area contributed by atoms with Gasteiger partial charge in [0.25, 0.3) is 0 Å². The van der Waals surface area contributed by atoms with Crippen LogP contribution in [0.15, 0.2) is 53.6 Å². The van der Waals surface area contributed by atoms with Crippen molar-refractivity contribution in [1.82, 2.24) is 14.6 Å². The lowest BCUT2D eigenvalue weighted by atomic mass is 10.2. The van der Waals surface area contributed by atoms with E-state index < -0.39 is 15.9 Å². The van der Waals surface area contributed by atoms with Crippen molar-refractivity contribution < 1.29 is 13.2 Å². The second-order valence-electron chi connectivity index (χ2n) is 5.44. The average Bonchev–Trinajstić information content (AvgIpc) is 2.62. The first-order chi connectivity index (χ1) is 11.8. The first-order valence-corrected chi connectivity index (χ1v) is 8.95. The van der Waals surface area contributed by atoms with Crippen molar-refractivity contribution >= 4 is 15.9 Å². The van der Waals surface area contributed by atoms with E-state index in [1.54, 1.807) is 25.3 Å². The highest BCUT2D eigenvalue weighted by atomic mass is 32.2. The Balaban J connectivity index is 2.03. The average molecular weight is 358 g/mol. The SMILES string of the molecule is CC(NC(=O)CN(C)S(=O)(=O)c1ccc(C#N)cc1)c1ccccn1. The van der Waals surface area contributed by atoms with Gasteiger partial charge in [-0.3, -0.25) is 9.78 Å². The summed E-state index contributed by atoms with van der Waals surface area (Å²) in [6.07, 6.45) is 1.62. The van der Waals surface area contributed by atoms with Gasteiger partial charge in [-0.1, -0.05) is 6.07 Å². The van der Waals surface area contributed by atoms with E-state index in [1.165, 1.54) is 31.3 Å². The van der Waals surface area contributed by atoms with Crippen LogP contribution in [0.2, 0.25) is 0 Å². The molecular weight excluding hydrogens is 340 g/mol. The molecule has 1 N–H and O–H groups in total. The molecule has 0 fully saturated rings. The van der Waals surface area contributed by atoms with E-state index in [0.717, 1.165) is 4.31 Å². The number of sulfonamides is 1. The highest BCUT2D eigenvalue weighted by Gasteiger charge is 2.23. The lowest BCUT2D eigenvalue weighted by Gasteiger charge is -2.19. The number of amides is 1. The number of nitrogens with one attached hydrogen (secondary N) is 1. The number of benzene rings is 1. The predicted molar refractivity (Wildman–Crippen MR) is 91.8 cm³/mol. The van der Waals surface area contributed by atoms with Crippen LogP contribution in [0.25, 0.3) is 0 Å². The maximum atomic E-state index is 12.5. The molecule has 130 valence electrons. The summed E-state index contributed by atoms with van der Waals surface area (Å²) < 4.78 is 25.9. The van der Waals surface area contributed by atoms with Crippen LogP contribution in [0.3, 0.4) is 0 Å². The third-order valence-electron chi connectivity index (χ3n) is 3.57. The Bertz CT molecular complexity index is 874. The number of hydrogen-bond donors (Lipinski definition) is 1. The zero-order chi connectivity index (χ0) is 18.4. The first kappa shape index (κ1) is 18.6. The van der Waals surface area contributed by atoms with Gasteiger partial charge in [0.1, 0.15) is 0 Å². The van der Waals surface area contributed by atoms with Crippen LogP contribution in [0.4, 0.5) is 0 Å². The number of carbonyl (C=O) groups is 1. The van der Waals surface area contributed by atoms with Gasteiger partial charge in [-0.05, 0) is 43.3 Å². The van der Waals surface area contributed by atoms with Crippen LogP contribution < -0.4 is 5.32 Å². The summed E-state index contributed by atoms with van der Waals surface area (Å²) >= 11 is 0. The van der Waals surface area contributed by atoms with E-state index in [0.29, 0.717) is 11.3 Å². The van der Waals surface area contributed by atoms with Crippen molar-refractivity contribution in [3.8, 4) is 6.07 Å². The fourth-order valence-electron chi connectivity index (χ4n) is 2.16. The van der Waals surface area contributed by atoms with E-state index >= 15 is 0 Å². The summed E-state index contributed by atoms with van der Waals surface area (Å²) in [6.45, 7) is 1.45. The van der Waals surface area contributed by atoms with Crippen LogP contribution in [-0.2, 0) is 14.8 Å². The molecule has 1 aromatic carbocycles. The molecule has 0 aliphatic heterocycles. The molecule has 8 heteroatoms. The summed E-state index contributed by atoms with van der Waals surface area (Å²) in [4.78, 5) is 16.3. The maximum absolute atomic E-state index is 12.5. The summed E-state index contributed by atoms with van der Waals surface area (Å²) in [5.41, 5.74) is 1.05. The Hall–Kier alpha value is -2.76. The summed E-state index contributed by atoms with van der Waals surface area (Å²) in [5.74, 6) is -0.433. The maximum Gasteiger partial charge on any atom is 0.243 e. The van der Waals surface area contributed by atoms with Gasteiger partial charge in [-0.15, -0.1) is 0 Å². The molecular formula is C17H18N4O3S. The standard InChI is InChI=1S/C17H18N4O3S/c1-13(16-5-3-4-10-19-16)20-17(22)12-21(2)25(23,24)15-8-6-14(11-18)7-9-15/h3-10,13H,12H2,1-2H3,(H,20,22). The van der Waals surface area contributed by atoms with Crippen molar-refractivity contribution in [3.05, 3.63) is 59.9 Å². The molecule has 2 rings (SSSR count). The second-order valence-corrected chi connectivity index (χ2v) is 7.49. The number of pyridine rings is 1. The van der Waals surface area contributed by atoms with Gasteiger partial charge in [0.15, 0.2) is 0 Å². The number of nitrogens with zero attached hydrogens (tertiary/aromatic N) is 3. The van der Waals surface area contributed by atoms with Crippen molar-refractivity contribution in [2.75, 3.05) is 13.6 Å². The number of nitriles is 1. The minimum absolute atomic E-state index is 0.0274. The quantitative estimate of drug-likeness (QED) is 0.842. The second kappa shape index (κ2) is 7.88. The van der Waals surface area contributed by atoms with Gasteiger partial charge in [0, 0.05) is 13.2 Å². The van der Waals surface area contributed by atoms with Gasteiger partial charge in [0.05, 0.1) is 34.8 Å². The van der Waals surface area contributed by atoms with Gasteiger partial charge >= 0.3 is 0 Å². The van der Waals surface area contributed by atoms with E-state index in [1.807, 2.05) is 12.1 Å². The molecule has 1 amide bonds. The summed E-state index contributed by atoms with van der Waals surface area (Å²) in [7, 11) is -2.48. The predicted octanol–water partition coefficient (Wildman–Crippen LogP) is 1.45. The van der Waals surface area contributed by atoms with E-state index in [-0.39, 0.29) is 17.5 Å². The molecule has 0 bridgehead atoms. The molecule has 0 aliphatic carbocycles. The van der Waals surface area contributed by atoms with Gasteiger partial charge in [0.2, 0.25) is 15.9 Å². The molecule has 1 unspecified atom stereocenters. The molecule has 1 atom stereocenters. The number of aromatic nitrogens is 1. The molecule has 1 heterocycles. The smallest absolute Gasteiger partial charge is 0.243 e. The van der Waals surface area contributed by atoms with Crippen molar-refractivity contribution in [2.24, 2.45) is 0 Å². The zero-order valence-corrected chi connectivity index (χ0v) is 14.7. The third kappa shape index (κ3) is 4.62. The highest BCUT2D eigenvalue weighted by molar-refractivity contribution is 7.89. The fraction of sp³-hybridized carbons (Fsp3) is 0.235. The molecule has 0 spiro atoms. The van der Waals surface area contributed by atoms with E-state index in [4.69, 9.17) is 5.26 Å². The molecule has 2 aromatic rings. The Morgan fingerprint density at radius 2 is 1.96 bits per heavy atom. The Morgan fingerprint density at radius 3 is 2.52 bits per heavy atom. The monoisotopic (exact) mass is 358 g/mol. The Morgan fingerprint density at radius 1 is 1.28 bits per heavy atom. The summed E-state index contributed by atoms with van der Waals surface area (Å²) in [6, 6.07) is 12.5. The molecule has 0 radical (unpaired) electrons. The highest BCUT2D eigenvalue weighted by Crippen LogP contribution is 2.15. The number of hydrogen-bond acceptors (Lipinski definition) is 5. The van der Waals surface area contributed by atoms with Crippen LogP contribution in [0, 0.1) is 11.3 Å². The number of rotatable bonds is 6. The molecule has 7 nitrogen and oxygen atoms in total. The molecule has 0 saturated carbocycles. The van der Waals surface area contributed by atoms with Crippen LogP contribution in [0.1, 0.15) is 24.2 Å².